The van der Waals surface area contributed by atoms with Crippen LogP contribution in [0.3, 0.4) is 0 Å². The molecule has 2 aromatic carbocycles. The smallest absolute Gasteiger partial charge is 0.338 e. The van der Waals surface area contributed by atoms with Gasteiger partial charge in [-0.25, -0.2) is 9.79 Å². The van der Waals surface area contributed by atoms with Crippen molar-refractivity contribution in [2.24, 2.45) is 4.99 Å². The van der Waals surface area contributed by atoms with Crippen molar-refractivity contribution in [2.45, 2.75) is 19.9 Å². The van der Waals surface area contributed by atoms with Crippen LogP contribution in [-0.2, 0) is 9.53 Å². The van der Waals surface area contributed by atoms with Gasteiger partial charge in [0.05, 0.1) is 59.2 Å². The van der Waals surface area contributed by atoms with E-state index in [2.05, 4.69) is 4.99 Å². The van der Waals surface area contributed by atoms with Crippen LogP contribution in [0, 0.1) is 10.1 Å². The van der Waals surface area contributed by atoms with Crippen LogP contribution in [0.2, 0.25) is 0 Å². The third-order valence-electron chi connectivity index (χ3n) is 6.52. The van der Waals surface area contributed by atoms with Crippen molar-refractivity contribution in [1.82, 2.24) is 4.57 Å². The molecule has 0 radical (unpaired) electrons. The standard InChI is InChI=1S/C29H25N3O8S/c1-5-39-28(34)25-16(2)30-29-31(26(25)17-6-8-18(37-3)9-7-17)27(33)24(41-29)15-20-11-13-23(40-20)21-12-10-19(38-4)14-22(21)32(35)36/h6-15,26H,5H2,1-4H3/b24-15-/t26-/m0/s1. The van der Waals surface area contributed by atoms with E-state index >= 15 is 0 Å². The number of esters is 1. The molecule has 0 amide bonds. The average Bonchev–Trinajstić information content (AvgIpc) is 3.56. The molecule has 5 rings (SSSR count). The lowest BCUT2D eigenvalue weighted by Gasteiger charge is -2.24. The van der Waals surface area contributed by atoms with Crippen molar-refractivity contribution >= 4 is 29.1 Å². The summed E-state index contributed by atoms with van der Waals surface area (Å²) in [5.74, 6) is 0.996. The summed E-state index contributed by atoms with van der Waals surface area (Å²) in [4.78, 5) is 42.9. The molecule has 1 aliphatic rings. The van der Waals surface area contributed by atoms with Crippen LogP contribution >= 0.6 is 11.3 Å². The fraction of sp³-hybridized carbons (Fsp3) is 0.207. The van der Waals surface area contributed by atoms with E-state index in [0.29, 0.717) is 37.9 Å². The molecule has 3 heterocycles. The zero-order valence-electron chi connectivity index (χ0n) is 22.6. The lowest BCUT2D eigenvalue weighted by Crippen LogP contribution is -2.39. The van der Waals surface area contributed by atoms with E-state index in [-0.39, 0.29) is 34.8 Å². The quantitative estimate of drug-likeness (QED) is 0.175. The number of nitro benzene ring substituents is 1. The van der Waals surface area contributed by atoms with E-state index in [4.69, 9.17) is 18.6 Å². The number of hydrogen-bond donors (Lipinski definition) is 0. The van der Waals surface area contributed by atoms with Gasteiger partial charge in [0.15, 0.2) is 4.80 Å². The van der Waals surface area contributed by atoms with Gasteiger partial charge in [0.2, 0.25) is 0 Å². The first-order valence-corrected chi connectivity index (χ1v) is 13.3. The molecule has 0 unspecified atom stereocenters. The number of ether oxygens (including phenoxy) is 3. The number of aromatic nitrogens is 1. The summed E-state index contributed by atoms with van der Waals surface area (Å²) in [5.41, 5.74) is 1.12. The Morgan fingerprint density at radius 3 is 2.49 bits per heavy atom. The molecular weight excluding hydrogens is 550 g/mol. The minimum Gasteiger partial charge on any atom is -0.497 e. The second-order valence-electron chi connectivity index (χ2n) is 8.92. The molecular formula is C29H25N3O8S. The Labute approximate surface area is 237 Å². The van der Waals surface area contributed by atoms with E-state index in [9.17, 15) is 19.7 Å². The molecule has 0 aliphatic carbocycles. The monoisotopic (exact) mass is 575 g/mol. The van der Waals surface area contributed by atoms with Crippen LogP contribution in [0.15, 0.2) is 80.1 Å². The molecule has 210 valence electrons. The number of thiazole rings is 1. The normalized spacial score (nSPS) is 14.8. The number of methoxy groups -OCH3 is 2. The Bertz CT molecular complexity index is 1860. The largest absolute Gasteiger partial charge is 0.497 e. The predicted molar refractivity (Wildman–Crippen MR) is 151 cm³/mol. The van der Waals surface area contributed by atoms with Crippen LogP contribution in [0.4, 0.5) is 5.69 Å². The topological polar surface area (TPSA) is 135 Å². The third kappa shape index (κ3) is 5.16. The molecule has 1 atom stereocenters. The Balaban J connectivity index is 1.62. The van der Waals surface area contributed by atoms with Crippen molar-refractivity contribution in [3.05, 3.63) is 107 Å². The van der Waals surface area contributed by atoms with Crippen molar-refractivity contribution in [1.29, 1.82) is 0 Å². The summed E-state index contributed by atoms with van der Waals surface area (Å²) >= 11 is 1.14. The van der Waals surface area contributed by atoms with Crippen molar-refractivity contribution in [2.75, 3.05) is 20.8 Å². The number of rotatable bonds is 8. The number of hydrogen-bond acceptors (Lipinski definition) is 10. The van der Waals surface area contributed by atoms with Crippen LogP contribution in [-0.4, -0.2) is 36.3 Å². The van der Waals surface area contributed by atoms with Gasteiger partial charge in [0, 0.05) is 6.08 Å². The van der Waals surface area contributed by atoms with E-state index in [1.807, 2.05) is 0 Å². The number of nitrogens with zero attached hydrogens (tertiary/aromatic N) is 3. The molecule has 1 aliphatic heterocycles. The number of carbonyl (C=O) groups is 1. The fourth-order valence-corrected chi connectivity index (χ4v) is 5.62. The summed E-state index contributed by atoms with van der Waals surface area (Å²) in [6, 6.07) is 14.0. The molecule has 41 heavy (non-hydrogen) atoms. The van der Waals surface area contributed by atoms with Gasteiger partial charge in [-0.05, 0) is 55.8 Å². The van der Waals surface area contributed by atoms with Crippen molar-refractivity contribution in [3.63, 3.8) is 0 Å². The lowest BCUT2D eigenvalue weighted by atomic mass is 9.96. The molecule has 11 nitrogen and oxygen atoms in total. The Morgan fingerprint density at radius 1 is 1.12 bits per heavy atom. The van der Waals surface area contributed by atoms with Gasteiger partial charge >= 0.3 is 5.97 Å². The summed E-state index contributed by atoms with van der Waals surface area (Å²) < 4.78 is 23.4. The van der Waals surface area contributed by atoms with Gasteiger partial charge in [-0.2, -0.15) is 0 Å². The Hall–Kier alpha value is -4.97. The molecule has 0 N–H and O–H groups in total. The SMILES string of the molecule is CCOC(=O)C1=C(C)N=c2s/c(=C\c3ccc(-c4ccc(OC)cc4[N+](=O)[O-])o3)c(=O)n2[C@H]1c1ccc(OC)cc1. The number of carbonyl (C=O) groups excluding carboxylic acids is 1. The van der Waals surface area contributed by atoms with Gasteiger partial charge in [-0.15, -0.1) is 0 Å². The van der Waals surface area contributed by atoms with E-state index in [1.165, 1.54) is 17.7 Å². The summed E-state index contributed by atoms with van der Waals surface area (Å²) in [5, 5.41) is 11.6. The Morgan fingerprint density at radius 2 is 1.83 bits per heavy atom. The molecule has 0 fully saturated rings. The van der Waals surface area contributed by atoms with Gasteiger partial charge in [-0.1, -0.05) is 23.5 Å². The number of fused-ring (bicyclic) bond motifs is 1. The van der Waals surface area contributed by atoms with Crippen molar-refractivity contribution in [3.8, 4) is 22.8 Å². The predicted octanol–water partition coefficient (Wildman–Crippen LogP) is 3.98. The molecule has 0 spiro atoms. The van der Waals surface area contributed by atoms with Crippen LogP contribution in [0.25, 0.3) is 17.4 Å². The number of nitro groups is 1. The van der Waals surface area contributed by atoms with Crippen LogP contribution < -0.4 is 24.4 Å². The maximum Gasteiger partial charge on any atom is 0.338 e. The highest BCUT2D eigenvalue weighted by molar-refractivity contribution is 7.07. The highest BCUT2D eigenvalue weighted by Gasteiger charge is 2.33. The van der Waals surface area contributed by atoms with E-state index < -0.39 is 16.9 Å². The zero-order valence-corrected chi connectivity index (χ0v) is 23.4. The van der Waals surface area contributed by atoms with Gasteiger partial charge in [-0.3, -0.25) is 19.5 Å². The molecule has 0 bridgehead atoms. The van der Waals surface area contributed by atoms with Gasteiger partial charge < -0.3 is 18.6 Å². The molecule has 4 aromatic rings. The summed E-state index contributed by atoms with van der Waals surface area (Å²) in [6.45, 7) is 3.59. The molecule has 0 saturated carbocycles. The summed E-state index contributed by atoms with van der Waals surface area (Å²) in [7, 11) is 2.98. The maximum absolute atomic E-state index is 13.8. The van der Waals surface area contributed by atoms with Gasteiger partial charge in [0.1, 0.15) is 23.0 Å². The molecule has 12 heteroatoms. The van der Waals surface area contributed by atoms with Crippen LogP contribution in [0.5, 0.6) is 11.5 Å². The first-order valence-electron chi connectivity index (χ1n) is 12.5. The summed E-state index contributed by atoms with van der Waals surface area (Å²) in [6.07, 6.45) is 1.55. The molecule has 0 saturated heterocycles. The first-order chi connectivity index (χ1) is 19.7. The van der Waals surface area contributed by atoms with E-state index in [0.717, 1.165) is 11.3 Å². The van der Waals surface area contributed by atoms with Crippen LogP contribution in [0.1, 0.15) is 31.2 Å². The lowest BCUT2D eigenvalue weighted by molar-refractivity contribution is -0.384. The van der Waals surface area contributed by atoms with Crippen molar-refractivity contribution < 1.29 is 28.3 Å². The third-order valence-corrected chi connectivity index (χ3v) is 7.50. The second-order valence-corrected chi connectivity index (χ2v) is 9.93. The van der Waals surface area contributed by atoms with Gasteiger partial charge in [0.25, 0.3) is 11.2 Å². The maximum atomic E-state index is 13.8. The molecule has 2 aromatic heterocycles. The highest BCUT2D eigenvalue weighted by Crippen LogP contribution is 2.35. The number of benzene rings is 2. The highest BCUT2D eigenvalue weighted by atomic mass is 32.1. The fourth-order valence-electron chi connectivity index (χ4n) is 4.60. The van der Waals surface area contributed by atoms with E-state index in [1.54, 1.807) is 75.6 Å². The first kappa shape index (κ1) is 27.6. The minimum atomic E-state index is -0.771. The number of allylic oxidation sites excluding steroid dienone is 1. The second kappa shape index (κ2) is 11.3. The number of furan rings is 1. The Kier molecular flexibility index (Phi) is 7.58. The minimum absolute atomic E-state index is 0.169. The zero-order chi connectivity index (χ0) is 29.3. The average molecular weight is 576 g/mol.